The van der Waals surface area contributed by atoms with Crippen molar-refractivity contribution in [1.82, 2.24) is 56.4 Å². The maximum atomic E-state index is 14.2. The van der Waals surface area contributed by atoms with E-state index in [2.05, 4.69) is 52.7 Å². The van der Waals surface area contributed by atoms with Gasteiger partial charge in [-0.15, -0.1) is 0 Å². The predicted octanol–water partition coefficient (Wildman–Crippen LogP) is 10.2. The number of ether oxygens (including phenoxy) is 2. The van der Waals surface area contributed by atoms with Gasteiger partial charge in [-0.25, -0.2) is 14.4 Å². The molecule has 2 aromatic rings. The molecule has 0 saturated heterocycles. The summed E-state index contributed by atoms with van der Waals surface area (Å²) in [6.07, 6.45) is 6.58. The Hall–Kier alpha value is -8.96. The largest absolute Gasteiger partial charge is 0.480 e. The van der Waals surface area contributed by atoms with Gasteiger partial charge < -0.3 is 76.7 Å². The molecule has 16 atom stereocenters. The number of allylic oxidation sites excluding steroid dienone is 2. The van der Waals surface area contributed by atoms with Gasteiger partial charge in [-0.05, 0) is 177 Å². The summed E-state index contributed by atoms with van der Waals surface area (Å²) in [4.78, 5) is 196. The van der Waals surface area contributed by atoms with Gasteiger partial charge in [-0.3, -0.25) is 52.7 Å². The van der Waals surface area contributed by atoms with Gasteiger partial charge in [0.05, 0.1) is 18.6 Å². The third-order valence-corrected chi connectivity index (χ3v) is 23.5. The van der Waals surface area contributed by atoms with E-state index in [1.54, 1.807) is 128 Å². The molecule has 2 aromatic carbocycles. The monoisotopic (exact) mass is 1750 g/mol. The van der Waals surface area contributed by atoms with Crippen molar-refractivity contribution in [3.8, 4) is 0 Å². The molecule has 1 heterocycles. The number of carbonyl (C=O) groups is 14. The number of nitrogens with zero attached hydrogens (tertiary/aromatic N) is 5. The highest BCUT2D eigenvalue weighted by atomic mass is 35.5. The number of nitrogens with two attached hydrogens (primary N) is 1. The summed E-state index contributed by atoms with van der Waals surface area (Å²) in [7, 11) is 7.46. The Bertz CT molecular complexity index is 3900. The van der Waals surface area contributed by atoms with Crippen molar-refractivity contribution in [2.24, 2.45) is 53.1 Å². The normalized spacial score (nSPS) is 21.4. The van der Waals surface area contributed by atoms with Gasteiger partial charge >= 0.3 is 17.9 Å². The standard InChI is InChI=1S/C46H75ClN6O9.C45H71ClN6O8/c1-15-28(5)38(43(58)59)50-37(54)26-51(12)42(57)35(25-33-20-22-34(47)23-21-33)52(13)41(56)32(9)49-40(55)36(24-27(3)4)62-44(60)31(8)19-17-18-30(7)39(29(6)16-2)53(14)45(61)46(10,11)48;1-14-27(5)37-29(7)17-16-18-30(8)43(58)60-35(23-26(3)4)39(54)47-31(9)41(56)52(13)34(24-32-19-21-33(46)22-20-32)42(57)51(12)25-36(53)48-38(28(6)15-2)40(55)50-45(10,11)44(59)49-37/h19-23,27-30,32,35-36,38-39H,15-18,24-26,48H2,1-14H3,(H,49,55)(H,50,54)(H,58,59);18-22,26-29,31,34-35,37-38H,14-17,23-25H2,1-13H3,(H,47,54)(H,48,53)(H,49,59)(H,50,55)/b31-19+;30-18+/t28?,29-,30-,32-,35+,36+,38-,39+;27-,28?,29-,31-,34+,35+,37+,38-/m00/s1. The molecule has 0 saturated carbocycles. The Morgan fingerprint density at radius 2 is 1.29 bits per heavy atom. The molecule has 11 amide bonds. The SMILES string of the molecule is CCC(C)[C@@H]1NC(=O)CN(C)C(=O)[C@@H](Cc2ccc(Cl)cc2)N(C)C(=O)[C@H](C)NC(=O)[C@@H](CC(C)C)OC(=O)/C(C)=C/CC[C@H](C)[C@@H]([C@@H](C)CC)NC(=O)C(C)(C)NC1=O.CCC(C)[C@H](NC(=O)CN(C)C(=O)[C@@H](Cc1ccc(Cl)cc1)N(C)C(=O)[C@H](C)NC(=O)[C@@H](CC(C)C)OC(=O)/C(C)=C/CC[C@H](C)[C@@H]([C@@H](C)CC)N(C)C(=O)C(C)(C)N)C(=O)O. The van der Waals surface area contributed by atoms with Crippen LogP contribution in [0.5, 0.6) is 0 Å². The first kappa shape index (κ1) is 109. The molecule has 31 heteroatoms. The van der Waals surface area contributed by atoms with Gasteiger partial charge in [0.2, 0.25) is 53.2 Å². The van der Waals surface area contributed by atoms with Crippen LogP contribution in [-0.2, 0) is 89.4 Å². The van der Waals surface area contributed by atoms with E-state index in [4.69, 9.17) is 38.4 Å². The van der Waals surface area contributed by atoms with Crippen LogP contribution < -0.4 is 37.6 Å². The average molecular weight is 1750 g/mol. The first-order valence-electron chi connectivity index (χ1n) is 43.0. The number of carboxylic acid groups (broad SMARTS) is 1. The van der Waals surface area contributed by atoms with Crippen LogP contribution in [0.3, 0.4) is 0 Å². The van der Waals surface area contributed by atoms with Crippen molar-refractivity contribution in [3.05, 3.63) is 93.0 Å². The number of aliphatic carboxylic acids is 1. The number of amides is 11. The van der Waals surface area contributed by atoms with Crippen LogP contribution in [0.1, 0.15) is 228 Å². The molecule has 122 heavy (non-hydrogen) atoms. The van der Waals surface area contributed by atoms with Crippen molar-refractivity contribution >= 4 is 106 Å². The smallest absolute Gasteiger partial charge is 0.334 e. The highest BCUT2D eigenvalue weighted by Gasteiger charge is 2.42. The molecular weight excluding hydrogens is 1600 g/mol. The number of halogens is 2. The van der Waals surface area contributed by atoms with E-state index >= 15 is 0 Å². The molecule has 1 aliphatic rings. The van der Waals surface area contributed by atoms with Crippen LogP contribution in [0.25, 0.3) is 0 Å². The molecular formula is C91H146Cl2N12O17. The van der Waals surface area contributed by atoms with Crippen LogP contribution in [-0.4, -0.2) is 232 Å². The van der Waals surface area contributed by atoms with Crippen LogP contribution in [0.15, 0.2) is 71.8 Å². The molecule has 686 valence electrons. The van der Waals surface area contributed by atoms with Crippen LogP contribution in [0.2, 0.25) is 10.0 Å². The molecule has 0 fully saturated rings. The number of carbonyl (C=O) groups excluding carboxylic acids is 13. The molecule has 1 aliphatic heterocycles. The molecule has 0 spiro atoms. The van der Waals surface area contributed by atoms with Crippen LogP contribution >= 0.6 is 23.2 Å². The molecule has 0 bridgehead atoms. The topological polar surface area (TPSA) is 392 Å². The van der Waals surface area contributed by atoms with Gasteiger partial charge in [-0.2, -0.15) is 0 Å². The second-order valence-electron chi connectivity index (χ2n) is 35.6. The lowest BCUT2D eigenvalue weighted by Gasteiger charge is -2.39. The summed E-state index contributed by atoms with van der Waals surface area (Å²) in [6, 6.07) is 6.43. The second kappa shape index (κ2) is 51.3. The lowest BCUT2D eigenvalue weighted by atomic mass is 9.84. The number of nitrogens with one attached hydrogen (secondary N) is 6. The van der Waals surface area contributed by atoms with Gasteiger partial charge in [0.1, 0.15) is 41.8 Å². The molecule has 3 rings (SSSR count). The van der Waals surface area contributed by atoms with Crippen molar-refractivity contribution in [1.29, 1.82) is 0 Å². The fraction of sp³-hybridized carbons (Fsp3) is 0.670. The van der Waals surface area contributed by atoms with Crippen molar-refractivity contribution in [3.63, 3.8) is 0 Å². The number of cyclic esters (lactones) is 1. The summed E-state index contributed by atoms with van der Waals surface area (Å²) in [6.45, 7) is 39.0. The summed E-state index contributed by atoms with van der Waals surface area (Å²) >= 11 is 12.2. The molecule has 9 N–H and O–H groups in total. The zero-order valence-electron chi connectivity index (χ0n) is 77.6. The minimum Gasteiger partial charge on any atom is -0.480 e. The minimum absolute atomic E-state index is 0.0247. The van der Waals surface area contributed by atoms with E-state index in [0.717, 1.165) is 17.7 Å². The zero-order chi connectivity index (χ0) is 93.5. The van der Waals surface area contributed by atoms with E-state index < -0.39 is 150 Å². The minimum atomic E-state index is -1.36. The van der Waals surface area contributed by atoms with Crippen molar-refractivity contribution < 1.29 is 81.7 Å². The van der Waals surface area contributed by atoms with E-state index in [-0.39, 0.29) is 91.0 Å². The summed E-state index contributed by atoms with van der Waals surface area (Å²) in [5, 5.41) is 27.3. The third kappa shape index (κ3) is 35.0. The highest BCUT2D eigenvalue weighted by Crippen LogP contribution is 2.29. The number of esters is 2. The Labute approximate surface area is 735 Å². The molecule has 0 aliphatic carbocycles. The van der Waals surface area contributed by atoms with Crippen LogP contribution in [0, 0.1) is 47.3 Å². The number of hydrogen-bond donors (Lipinski definition) is 8. The van der Waals surface area contributed by atoms with E-state index in [9.17, 15) is 72.2 Å². The maximum Gasteiger partial charge on any atom is 0.334 e. The highest BCUT2D eigenvalue weighted by molar-refractivity contribution is 6.30. The van der Waals surface area contributed by atoms with Gasteiger partial charge in [0, 0.05) is 81.4 Å². The van der Waals surface area contributed by atoms with Gasteiger partial charge in [0.15, 0.2) is 12.2 Å². The zero-order valence-corrected chi connectivity index (χ0v) is 79.1. The lowest BCUT2D eigenvalue weighted by molar-refractivity contribution is -0.154. The van der Waals surface area contributed by atoms with Crippen LogP contribution in [0.4, 0.5) is 0 Å². The number of benzene rings is 2. The fourth-order valence-corrected chi connectivity index (χ4v) is 14.7. The quantitative estimate of drug-likeness (QED) is 0.0243. The summed E-state index contributed by atoms with van der Waals surface area (Å²) in [5.74, 6) is -9.05. The lowest BCUT2D eigenvalue weighted by Crippen LogP contribution is -2.62. The Balaban J connectivity index is 0.000000827. The number of hydrogen-bond acceptors (Lipinski definition) is 17. The Kier molecular flexibility index (Phi) is 45.9. The molecule has 0 aromatic heterocycles. The van der Waals surface area contributed by atoms with Gasteiger partial charge in [-0.1, -0.05) is 182 Å². The number of rotatable bonds is 33. The molecule has 2 unspecified atom stereocenters. The second-order valence-corrected chi connectivity index (χ2v) is 36.5. The summed E-state index contributed by atoms with van der Waals surface area (Å²) < 4.78 is 11.5. The van der Waals surface area contributed by atoms with E-state index in [1.165, 1.54) is 56.7 Å². The van der Waals surface area contributed by atoms with E-state index in [0.29, 0.717) is 70.8 Å². The predicted molar refractivity (Wildman–Crippen MR) is 475 cm³/mol. The Morgan fingerprint density at radius 3 is 1.80 bits per heavy atom. The molecule has 29 nitrogen and oxygen atoms in total. The number of likely N-dealkylation sites (N-methyl/N-ethyl adjacent to an activating group) is 5. The third-order valence-electron chi connectivity index (χ3n) is 23.0. The van der Waals surface area contributed by atoms with Gasteiger partial charge in [0.25, 0.3) is 11.8 Å². The maximum absolute atomic E-state index is 14.2. The fourth-order valence-electron chi connectivity index (χ4n) is 14.4. The first-order valence-corrected chi connectivity index (χ1v) is 43.8. The van der Waals surface area contributed by atoms with Crippen molar-refractivity contribution in [2.75, 3.05) is 48.3 Å². The summed E-state index contributed by atoms with van der Waals surface area (Å²) in [5.41, 5.74) is 5.75. The first-order chi connectivity index (χ1) is 56.6. The number of carboxylic acids is 1. The Morgan fingerprint density at radius 1 is 0.730 bits per heavy atom. The molecule has 0 radical (unpaired) electrons. The van der Waals surface area contributed by atoms with E-state index in [1.807, 2.05) is 62.3 Å². The average Bonchev–Trinajstić information content (AvgIpc) is 0.858. The van der Waals surface area contributed by atoms with Crippen molar-refractivity contribution in [2.45, 2.75) is 301 Å².